The second-order valence-corrected chi connectivity index (χ2v) is 5.27. The Kier molecular flexibility index (Phi) is 5.80. The molecule has 1 saturated heterocycles. The minimum absolute atomic E-state index is 0.137. The number of hydrogen-bond donors (Lipinski definition) is 1. The van der Waals surface area contributed by atoms with Gasteiger partial charge in [0, 0.05) is 12.6 Å². The van der Waals surface area contributed by atoms with Crippen molar-refractivity contribution in [3.63, 3.8) is 0 Å². The van der Waals surface area contributed by atoms with Crippen LogP contribution in [0.4, 0.5) is 4.39 Å². The van der Waals surface area contributed by atoms with Crippen molar-refractivity contribution in [2.45, 2.75) is 44.8 Å². The maximum absolute atomic E-state index is 13.9. The Labute approximate surface area is 120 Å². The van der Waals surface area contributed by atoms with Crippen molar-refractivity contribution in [1.29, 1.82) is 0 Å². The SMILES string of the molecule is CCCNC(CC1CCCO1)c1ccc(OC)c(F)c1. The zero-order chi connectivity index (χ0) is 14.4. The van der Waals surface area contributed by atoms with Gasteiger partial charge in [-0.1, -0.05) is 13.0 Å². The molecule has 2 unspecified atom stereocenters. The molecule has 1 N–H and O–H groups in total. The molecular weight excluding hydrogens is 257 g/mol. The topological polar surface area (TPSA) is 30.5 Å². The van der Waals surface area contributed by atoms with Crippen LogP contribution in [0.5, 0.6) is 5.75 Å². The van der Waals surface area contributed by atoms with Crippen LogP contribution in [0.3, 0.4) is 0 Å². The van der Waals surface area contributed by atoms with Gasteiger partial charge in [0.05, 0.1) is 13.2 Å². The highest BCUT2D eigenvalue weighted by atomic mass is 19.1. The van der Waals surface area contributed by atoms with Gasteiger partial charge >= 0.3 is 0 Å². The quantitative estimate of drug-likeness (QED) is 0.830. The van der Waals surface area contributed by atoms with Crippen LogP contribution in [0.1, 0.15) is 44.2 Å². The molecule has 0 aromatic heterocycles. The van der Waals surface area contributed by atoms with Crippen LogP contribution < -0.4 is 10.1 Å². The summed E-state index contributed by atoms with van der Waals surface area (Å²) in [7, 11) is 1.48. The summed E-state index contributed by atoms with van der Waals surface area (Å²) in [6.07, 6.45) is 4.46. The molecule has 3 nitrogen and oxygen atoms in total. The van der Waals surface area contributed by atoms with E-state index in [-0.39, 0.29) is 18.0 Å². The standard InChI is InChI=1S/C16H24FNO2/c1-3-8-18-15(11-13-5-4-9-20-13)12-6-7-16(19-2)14(17)10-12/h6-7,10,13,15,18H,3-5,8-9,11H2,1-2H3. The second kappa shape index (κ2) is 7.60. The van der Waals surface area contributed by atoms with Crippen LogP contribution in [0, 0.1) is 5.82 Å². The predicted octanol–water partition coefficient (Wildman–Crippen LogP) is 3.44. The number of nitrogens with one attached hydrogen (secondary N) is 1. The van der Waals surface area contributed by atoms with Gasteiger partial charge in [-0.25, -0.2) is 4.39 Å². The molecule has 0 bridgehead atoms. The van der Waals surface area contributed by atoms with Crippen molar-refractivity contribution in [2.24, 2.45) is 0 Å². The Morgan fingerprint density at radius 1 is 1.50 bits per heavy atom. The monoisotopic (exact) mass is 281 g/mol. The third-order valence-electron chi connectivity index (χ3n) is 3.74. The van der Waals surface area contributed by atoms with Crippen LogP contribution in [0.25, 0.3) is 0 Å². The van der Waals surface area contributed by atoms with E-state index in [0.29, 0.717) is 5.75 Å². The van der Waals surface area contributed by atoms with E-state index >= 15 is 0 Å². The van der Waals surface area contributed by atoms with E-state index < -0.39 is 0 Å². The molecule has 4 heteroatoms. The minimum Gasteiger partial charge on any atom is -0.494 e. The van der Waals surface area contributed by atoms with Crippen molar-refractivity contribution in [1.82, 2.24) is 5.32 Å². The summed E-state index contributed by atoms with van der Waals surface area (Å²) in [5, 5.41) is 3.49. The number of methoxy groups -OCH3 is 1. The van der Waals surface area contributed by atoms with Crippen molar-refractivity contribution in [2.75, 3.05) is 20.3 Å². The zero-order valence-electron chi connectivity index (χ0n) is 12.3. The van der Waals surface area contributed by atoms with Crippen LogP contribution in [0.2, 0.25) is 0 Å². The van der Waals surface area contributed by atoms with Gasteiger partial charge in [-0.15, -0.1) is 0 Å². The fourth-order valence-corrected chi connectivity index (χ4v) is 2.65. The van der Waals surface area contributed by atoms with E-state index in [2.05, 4.69) is 12.2 Å². The Hall–Kier alpha value is -1.13. The Morgan fingerprint density at radius 2 is 2.35 bits per heavy atom. The second-order valence-electron chi connectivity index (χ2n) is 5.27. The van der Waals surface area contributed by atoms with Gasteiger partial charge < -0.3 is 14.8 Å². The van der Waals surface area contributed by atoms with E-state index in [1.807, 2.05) is 6.07 Å². The first kappa shape index (κ1) is 15.3. The number of hydrogen-bond acceptors (Lipinski definition) is 3. The molecule has 112 valence electrons. The number of halogens is 1. The summed E-state index contributed by atoms with van der Waals surface area (Å²) in [4.78, 5) is 0. The Bertz CT molecular complexity index is 419. The van der Waals surface area contributed by atoms with Gasteiger partial charge in [0.2, 0.25) is 0 Å². The van der Waals surface area contributed by atoms with E-state index in [9.17, 15) is 4.39 Å². The number of benzene rings is 1. The fourth-order valence-electron chi connectivity index (χ4n) is 2.65. The van der Waals surface area contributed by atoms with E-state index in [1.165, 1.54) is 7.11 Å². The van der Waals surface area contributed by atoms with Crippen LogP contribution in [-0.2, 0) is 4.74 Å². The van der Waals surface area contributed by atoms with Crippen LogP contribution in [-0.4, -0.2) is 26.4 Å². The first-order chi connectivity index (χ1) is 9.74. The molecule has 0 amide bonds. The van der Waals surface area contributed by atoms with Gasteiger partial charge in [0.1, 0.15) is 0 Å². The van der Waals surface area contributed by atoms with Crippen molar-refractivity contribution in [3.8, 4) is 5.75 Å². The minimum atomic E-state index is -0.305. The summed E-state index contributed by atoms with van der Waals surface area (Å²) < 4.78 is 24.5. The smallest absolute Gasteiger partial charge is 0.165 e. The lowest BCUT2D eigenvalue weighted by molar-refractivity contribution is 0.0945. The average molecular weight is 281 g/mol. The van der Waals surface area contributed by atoms with Crippen molar-refractivity contribution >= 4 is 0 Å². The molecule has 1 heterocycles. The Balaban J connectivity index is 2.09. The van der Waals surface area contributed by atoms with Gasteiger partial charge in [-0.2, -0.15) is 0 Å². The van der Waals surface area contributed by atoms with Crippen molar-refractivity contribution in [3.05, 3.63) is 29.6 Å². The highest BCUT2D eigenvalue weighted by molar-refractivity contribution is 5.31. The maximum Gasteiger partial charge on any atom is 0.165 e. The lowest BCUT2D eigenvalue weighted by Crippen LogP contribution is -2.26. The van der Waals surface area contributed by atoms with E-state index in [0.717, 1.165) is 44.4 Å². The van der Waals surface area contributed by atoms with Crippen molar-refractivity contribution < 1.29 is 13.9 Å². The van der Waals surface area contributed by atoms with Gasteiger partial charge in [0.25, 0.3) is 0 Å². The summed E-state index contributed by atoms with van der Waals surface area (Å²) in [6.45, 7) is 3.90. The molecule has 20 heavy (non-hydrogen) atoms. The third-order valence-corrected chi connectivity index (χ3v) is 3.74. The molecular formula is C16H24FNO2. The first-order valence-electron chi connectivity index (χ1n) is 7.43. The zero-order valence-corrected chi connectivity index (χ0v) is 12.3. The predicted molar refractivity (Wildman–Crippen MR) is 77.6 cm³/mol. The molecule has 1 aliphatic rings. The highest BCUT2D eigenvalue weighted by Crippen LogP contribution is 2.28. The lowest BCUT2D eigenvalue weighted by Gasteiger charge is -2.22. The summed E-state index contributed by atoms with van der Waals surface area (Å²) in [5.74, 6) is -0.0132. The molecule has 0 saturated carbocycles. The molecule has 0 spiro atoms. The molecule has 1 fully saturated rings. The Morgan fingerprint density at radius 3 is 2.95 bits per heavy atom. The first-order valence-corrected chi connectivity index (χ1v) is 7.43. The van der Waals surface area contributed by atoms with Gasteiger partial charge in [-0.3, -0.25) is 0 Å². The van der Waals surface area contributed by atoms with Crippen LogP contribution in [0.15, 0.2) is 18.2 Å². The molecule has 0 radical (unpaired) electrons. The molecule has 2 atom stereocenters. The molecule has 1 aromatic rings. The summed E-state index contributed by atoms with van der Waals surface area (Å²) in [5.41, 5.74) is 0.965. The lowest BCUT2D eigenvalue weighted by atomic mass is 9.98. The van der Waals surface area contributed by atoms with Gasteiger partial charge in [0.15, 0.2) is 11.6 Å². The van der Waals surface area contributed by atoms with Crippen LogP contribution >= 0.6 is 0 Å². The molecule has 1 aliphatic heterocycles. The largest absolute Gasteiger partial charge is 0.494 e. The summed E-state index contributed by atoms with van der Waals surface area (Å²) >= 11 is 0. The third kappa shape index (κ3) is 3.93. The number of ether oxygens (including phenoxy) is 2. The number of rotatable bonds is 7. The molecule has 1 aromatic carbocycles. The normalized spacial score (nSPS) is 20.1. The molecule has 2 rings (SSSR count). The highest BCUT2D eigenvalue weighted by Gasteiger charge is 2.22. The fraction of sp³-hybridized carbons (Fsp3) is 0.625. The summed E-state index contributed by atoms with van der Waals surface area (Å²) in [6, 6.07) is 5.34. The van der Waals surface area contributed by atoms with Gasteiger partial charge in [-0.05, 0) is 49.9 Å². The maximum atomic E-state index is 13.9. The van der Waals surface area contributed by atoms with E-state index in [1.54, 1.807) is 12.1 Å². The van der Waals surface area contributed by atoms with E-state index in [4.69, 9.17) is 9.47 Å². The molecule has 0 aliphatic carbocycles. The average Bonchev–Trinajstić information content (AvgIpc) is 2.96.